The van der Waals surface area contributed by atoms with E-state index in [9.17, 15) is 14.4 Å². The maximum atomic E-state index is 12.7. The smallest absolute Gasteiger partial charge is 0.251 e. The molecule has 2 rings (SSSR count). The number of rotatable bonds is 7. The third kappa shape index (κ3) is 5.72. The lowest BCUT2D eigenvalue weighted by atomic mass is 10.2. The van der Waals surface area contributed by atoms with Gasteiger partial charge in [0, 0.05) is 36.8 Å². The predicted octanol–water partition coefficient (Wildman–Crippen LogP) is 1.57. The van der Waals surface area contributed by atoms with Crippen molar-refractivity contribution in [2.75, 3.05) is 25.0 Å². The second kappa shape index (κ2) is 9.78. The number of hydrogen-bond donors (Lipinski definition) is 2. The number of likely N-dealkylation sites (N-methyl/N-ethyl adjacent to an activating group) is 1. The zero-order valence-corrected chi connectivity index (χ0v) is 15.1. The number of nitrogens with zero attached hydrogens (tertiary/aromatic N) is 1. The molecule has 0 saturated carbocycles. The molecule has 0 aromatic heterocycles. The quantitative estimate of drug-likeness (QED) is 0.733. The van der Waals surface area contributed by atoms with Gasteiger partial charge in [-0.2, -0.15) is 0 Å². The molecule has 2 aromatic rings. The molecule has 2 aromatic carbocycles. The van der Waals surface area contributed by atoms with Gasteiger partial charge in [-0.1, -0.05) is 30.2 Å². The molecule has 0 saturated heterocycles. The van der Waals surface area contributed by atoms with E-state index in [0.717, 1.165) is 0 Å². The molecule has 3 amide bonds. The summed E-state index contributed by atoms with van der Waals surface area (Å²) >= 11 is 0. The first-order chi connectivity index (χ1) is 13.0. The average Bonchev–Trinajstić information content (AvgIpc) is 2.72. The number of anilines is 1. The Morgan fingerprint density at radius 1 is 1.07 bits per heavy atom. The van der Waals surface area contributed by atoms with Crippen molar-refractivity contribution in [1.82, 2.24) is 10.6 Å². The fourth-order valence-electron chi connectivity index (χ4n) is 2.42. The van der Waals surface area contributed by atoms with Crippen LogP contribution >= 0.6 is 0 Å². The van der Waals surface area contributed by atoms with Gasteiger partial charge in [0.05, 0.1) is 0 Å². The SMILES string of the molecule is C#Cc1cccc(N(CC(=O)NC)C(=O)CCNC(=O)c2ccccc2)c1. The van der Waals surface area contributed by atoms with Crippen LogP contribution in [-0.2, 0) is 9.59 Å². The van der Waals surface area contributed by atoms with Crippen LogP contribution in [-0.4, -0.2) is 37.9 Å². The Bertz CT molecular complexity index is 856. The minimum absolute atomic E-state index is 0.0514. The molecule has 0 aliphatic heterocycles. The summed E-state index contributed by atoms with van der Waals surface area (Å²) in [6.45, 7) is 0.0294. The van der Waals surface area contributed by atoms with Gasteiger partial charge in [0.15, 0.2) is 0 Å². The molecule has 138 valence electrons. The highest BCUT2D eigenvalue weighted by atomic mass is 16.2. The third-order valence-electron chi connectivity index (χ3n) is 3.87. The highest BCUT2D eigenvalue weighted by molar-refractivity contribution is 5.99. The van der Waals surface area contributed by atoms with E-state index in [2.05, 4.69) is 16.6 Å². The van der Waals surface area contributed by atoms with Crippen molar-refractivity contribution in [3.63, 3.8) is 0 Å². The van der Waals surface area contributed by atoms with Crippen molar-refractivity contribution in [2.45, 2.75) is 6.42 Å². The second-order valence-electron chi connectivity index (χ2n) is 5.72. The van der Waals surface area contributed by atoms with Crippen LogP contribution < -0.4 is 15.5 Å². The first-order valence-corrected chi connectivity index (χ1v) is 8.46. The minimum atomic E-state index is -0.303. The lowest BCUT2D eigenvalue weighted by Gasteiger charge is -2.22. The summed E-state index contributed by atoms with van der Waals surface area (Å²) in [5, 5.41) is 5.21. The summed E-state index contributed by atoms with van der Waals surface area (Å²) in [6, 6.07) is 15.6. The lowest BCUT2D eigenvalue weighted by molar-refractivity contribution is -0.123. The van der Waals surface area contributed by atoms with E-state index in [1.54, 1.807) is 48.5 Å². The van der Waals surface area contributed by atoms with Gasteiger partial charge in [0.2, 0.25) is 11.8 Å². The Morgan fingerprint density at radius 2 is 1.81 bits per heavy atom. The Morgan fingerprint density at radius 3 is 2.48 bits per heavy atom. The zero-order valence-electron chi connectivity index (χ0n) is 15.1. The van der Waals surface area contributed by atoms with E-state index in [1.165, 1.54) is 11.9 Å². The van der Waals surface area contributed by atoms with Crippen molar-refractivity contribution < 1.29 is 14.4 Å². The van der Waals surface area contributed by atoms with E-state index in [-0.39, 0.29) is 37.2 Å². The summed E-state index contributed by atoms with van der Waals surface area (Å²) in [4.78, 5) is 37.9. The third-order valence-corrected chi connectivity index (χ3v) is 3.87. The molecule has 0 fully saturated rings. The Kier molecular flexibility index (Phi) is 7.15. The van der Waals surface area contributed by atoms with Crippen molar-refractivity contribution in [2.24, 2.45) is 0 Å². The molecule has 0 bridgehead atoms. The number of nitrogens with one attached hydrogen (secondary N) is 2. The number of carbonyl (C=O) groups is 3. The van der Waals surface area contributed by atoms with Crippen LogP contribution in [0.2, 0.25) is 0 Å². The molecule has 6 nitrogen and oxygen atoms in total. The summed E-state index contributed by atoms with van der Waals surface area (Å²) in [7, 11) is 1.50. The van der Waals surface area contributed by atoms with Gasteiger partial charge in [-0.15, -0.1) is 6.42 Å². The zero-order chi connectivity index (χ0) is 19.6. The van der Waals surface area contributed by atoms with E-state index < -0.39 is 0 Å². The summed E-state index contributed by atoms with van der Waals surface area (Å²) in [5.41, 5.74) is 1.67. The van der Waals surface area contributed by atoms with Crippen LogP contribution in [0.4, 0.5) is 5.69 Å². The number of terminal acetylenes is 1. The number of amides is 3. The van der Waals surface area contributed by atoms with E-state index >= 15 is 0 Å². The van der Waals surface area contributed by atoms with E-state index in [4.69, 9.17) is 6.42 Å². The highest BCUT2D eigenvalue weighted by Gasteiger charge is 2.19. The van der Waals surface area contributed by atoms with E-state index in [0.29, 0.717) is 16.8 Å². The fourth-order valence-corrected chi connectivity index (χ4v) is 2.42. The average molecular weight is 363 g/mol. The monoisotopic (exact) mass is 363 g/mol. The summed E-state index contributed by atoms with van der Waals surface area (Å²) in [5.74, 6) is 1.66. The molecule has 2 N–H and O–H groups in total. The molecule has 27 heavy (non-hydrogen) atoms. The highest BCUT2D eigenvalue weighted by Crippen LogP contribution is 2.17. The molecule has 0 heterocycles. The van der Waals surface area contributed by atoms with Crippen LogP contribution in [0, 0.1) is 12.3 Å². The fraction of sp³-hybridized carbons (Fsp3) is 0.190. The maximum Gasteiger partial charge on any atom is 0.251 e. The summed E-state index contributed by atoms with van der Waals surface area (Å²) < 4.78 is 0. The molecule has 0 unspecified atom stereocenters. The van der Waals surface area contributed by atoms with Crippen molar-refractivity contribution in [3.8, 4) is 12.3 Å². The standard InChI is InChI=1S/C21H21N3O3/c1-3-16-8-7-11-18(14-16)24(15-19(25)22-2)20(26)12-13-23-21(27)17-9-5-4-6-10-17/h1,4-11,14H,12-13,15H2,2H3,(H,22,25)(H,23,27). The first-order valence-electron chi connectivity index (χ1n) is 8.46. The van der Waals surface area contributed by atoms with Crippen LogP contribution in [0.3, 0.4) is 0 Å². The minimum Gasteiger partial charge on any atom is -0.358 e. The Labute approximate surface area is 158 Å². The number of carbonyl (C=O) groups excluding carboxylic acids is 3. The van der Waals surface area contributed by atoms with Gasteiger partial charge in [-0.3, -0.25) is 14.4 Å². The molecule has 0 aliphatic rings. The van der Waals surface area contributed by atoms with Gasteiger partial charge in [0.25, 0.3) is 5.91 Å². The molecule has 6 heteroatoms. The Hall–Kier alpha value is -3.59. The normalized spacial score (nSPS) is 9.78. The lowest BCUT2D eigenvalue weighted by Crippen LogP contribution is -2.41. The van der Waals surface area contributed by atoms with Crippen LogP contribution in [0.25, 0.3) is 0 Å². The van der Waals surface area contributed by atoms with E-state index in [1.807, 2.05) is 6.07 Å². The Balaban J connectivity index is 2.04. The van der Waals surface area contributed by atoms with Crippen molar-refractivity contribution >= 4 is 23.4 Å². The van der Waals surface area contributed by atoms with Gasteiger partial charge >= 0.3 is 0 Å². The molecular formula is C21H21N3O3. The molecule has 0 radical (unpaired) electrons. The topological polar surface area (TPSA) is 78.5 Å². The van der Waals surface area contributed by atoms with Gasteiger partial charge in [-0.05, 0) is 30.3 Å². The largest absolute Gasteiger partial charge is 0.358 e. The van der Waals surface area contributed by atoms with Crippen molar-refractivity contribution in [1.29, 1.82) is 0 Å². The molecule has 0 spiro atoms. The van der Waals surface area contributed by atoms with Crippen molar-refractivity contribution in [3.05, 3.63) is 65.7 Å². The van der Waals surface area contributed by atoms with Crippen LogP contribution in [0.5, 0.6) is 0 Å². The number of hydrogen-bond acceptors (Lipinski definition) is 3. The predicted molar refractivity (Wildman–Crippen MR) is 104 cm³/mol. The first kappa shape index (κ1) is 19.7. The van der Waals surface area contributed by atoms with Crippen LogP contribution in [0.15, 0.2) is 54.6 Å². The number of benzene rings is 2. The molecular weight excluding hydrogens is 342 g/mol. The van der Waals surface area contributed by atoms with Gasteiger partial charge in [-0.25, -0.2) is 0 Å². The van der Waals surface area contributed by atoms with Gasteiger partial charge < -0.3 is 15.5 Å². The summed E-state index contributed by atoms with van der Waals surface area (Å²) in [6.07, 6.45) is 5.46. The maximum absolute atomic E-state index is 12.7. The molecule has 0 aliphatic carbocycles. The van der Waals surface area contributed by atoms with Crippen LogP contribution in [0.1, 0.15) is 22.3 Å². The molecule has 0 atom stereocenters. The second-order valence-corrected chi connectivity index (χ2v) is 5.72. The van der Waals surface area contributed by atoms with Gasteiger partial charge in [0.1, 0.15) is 6.54 Å².